The molecule has 3 nitrogen and oxygen atoms in total. The van der Waals surface area contributed by atoms with Crippen molar-refractivity contribution >= 4 is 11.4 Å². The second-order valence-electron chi connectivity index (χ2n) is 4.26. The van der Waals surface area contributed by atoms with E-state index in [-0.39, 0.29) is 17.5 Å². The van der Waals surface area contributed by atoms with E-state index in [0.717, 1.165) is 19.6 Å². The van der Waals surface area contributed by atoms with E-state index in [4.69, 9.17) is 10.5 Å². The quantitative estimate of drug-likeness (QED) is 0.774. The third-order valence-corrected chi connectivity index (χ3v) is 3.11. The summed E-state index contributed by atoms with van der Waals surface area (Å²) in [5, 5.41) is 3.25. The van der Waals surface area contributed by atoms with Crippen LogP contribution in [0.3, 0.4) is 0 Å². The van der Waals surface area contributed by atoms with E-state index in [1.807, 2.05) is 0 Å². The first kappa shape index (κ1) is 11.2. The summed E-state index contributed by atoms with van der Waals surface area (Å²) in [4.78, 5) is 0. The van der Waals surface area contributed by atoms with Gasteiger partial charge in [-0.2, -0.15) is 0 Å². The fourth-order valence-electron chi connectivity index (χ4n) is 1.97. The summed E-state index contributed by atoms with van der Waals surface area (Å²) in [7, 11) is 0. The molecule has 1 aromatic carbocycles. The number of hydrogen-bond donors (Lipinski definition) is 2. The lowest BCUT2D eigenvalue weighted by atomic mass is 10.0. The van der Waals surface area contributed by atoms with E-state index >= 15 is 0 Å². The highest BCUT2D eigenvalue weighted by atomic mass is 19.1. The van der Waals surface area contributed by atoms with Crippen molar-refractivity contribution in [3.8, 4) is 0 Å². The molecule has 0 saturated carbocycles. The molecule has 2 rings (SSSR count). The molecular weight excluding hydrogens is 207 g/mol. The molecule has 0 spiro atoms. The fourth-order valence-corrected chi connectivity index (χ4v) is 1.97. The van der Waals surface area contributed by atoms with E-state index in [9.17, 15) is 4.39 Å². The Kier molecular flexibility index (Phi) is 3.29. The van der Waals surface area contributed by atoms with Crippen LogP contribution in [0.15, 0.2) is 18.2 Å². The minimum atomic E-state index is -0.375. The SMILES string of the molecule is CC(Nc1cccc(F)c1N)C1CCOC1. The van der Waals surface area contributed by atoms with Crippen LogP contribution in [0.2, 0.25) is 0 Å². The van der Waals surface area contributed by atoms with E-state index in [1.165, 1.54) is 6.07 Å². The topological polar surface area (TPSA) is 47.3 Å². The highest BCUT2D eigenvalue weighted by Gasteiger charge is 2.22. The number of benzene rings is 1. The molecule has 16 heavy (non-hydrogen) atoms. The number of para-hydroxylation sites is 1. The summed E-state index contributed by atoms with van der Waals surface area (Å²) in [5.74, 6) is 0.0996. The van der Waals surface area contributed by atoms with Gasteiger partial charge in [0.05, 0.1) is 18.0 Å². The predicted molar refractivity (Wildman–Crippen MR) is 62.8 cm³/mol. The van der Waals surface area contributed by atoms with E-state index < -0.39 is 0 Å². The standard InChI is InChI=1S/C12H17FN2O/c1-8(9-5-6-16-7-9)15-11-4-2-3-10(13)12(11)14/h2-4,8-9,15H,5-7,14H2,1H3. The molecule has 1 heterocycles. The van der Waals surface area contributed by atoms with Crippen molar-refractivity contribution in [2.75, 3.05) is 24.3 Å². The first-order valence-corrected chi connectivity index (χ1v) is 5.56. The van der Waals surface area contributed by atoms with Gasteiger partial charge in [0.15, 0.2) is 0 Å². The van der Waals surface area contributed by atoms with Gasteiger partial charge in [-0.25, -0.2) is 4.39 Å². The first-order valence-electron chi connectivity index (χ1n) is 5.56. The summed E-state index contributed by atoms with van der Waals surface area (Å²) >= 11 is 0. The lowest BCUT2D eigenvalue weighted by Crippen LogP contribution is -2.26. The molecule has 1 aliphatic heterocycles. The molecule has 0 radical (unpaired) electrons. The highest BCUT2D eigenvalue weighted by molar-refractivity contribution is 5.66. The molecule has 88 valence electrons. The lowest BCUT2D eigenvalue weighted by Gasteiger charge is -2.21. The summed E-state index contributed by atoms with van der Waals surface area (Å²) in [6, 6.07) is 5.06. The Morgan fingerprint density at radius 3 is 3.06 bits per heavy atom. The van der Waals surface area contributed by atoms with E-state index in [2.05, 4.69) is 12.2 Å². The van der Waals surface area contributed by atoms with Gasteiger partial charge in [-0.15, -0.1) is 0 Å². The Labute approximate surface area is 94.8 Å². The molecule has 0 amide bonds. The maximum atomic E-state index is 13.2. The van der Waals surface area contributed by atoms with Gasteiger partial charge >= 0.3 is 0 Å². The van der Waals surface area contributed by atoms with Crippen molar-refractivity contribution in [2.45, 2.75) is 19.4 Å². The number of nitrogen functional groups attached to an aromatic ring is 1. The highest BCUT2D eigenvalue weighted by Crippen LogP contribution is 2.25. The summed E-state index contributed by atoms with van der Waals surface area (Å²) in [5.41, 5.74) is 6.52. The summed E-state index contributed by atoms with van der Waals surface area (Å²) < 4.78 is 18.5. The number of halogens is 1. The Balaban J connectivity index is 2.05. The zero-order valence-electron chi connectivity index (χ0n) is 9.37. The number of ether oxygens (including phenoxy) is 1. The van der Waals surface area contributed by atoms with Gasteiger partial charge in [0.1, 0.15) is 5.82 Å². The molecule has 1 saturated heterocycles. The number of nitrogens with two attached hydrogens (primary N) is 1. The number of rotatable bonds is 3. The van der Waals surface area contributed by atoms with Crippen molar-refractivity contribution in [3.63, 3.8) is 0 Å². The summed E-state index contributed by atoms with van der Waals surface area (Å²) in [6.45, 7) is 3.66. The van der Waals surface area contributed by atoms with E-state index in [0.29, 0.717) is 11.6 Å². The van der Waals surface area contributed by atoms with Crippen LogP contribution in [0, 0.1) is 11.7 Å². The number of nitrogens with one attached hydrogen (secondary N) is 1. The van der Waals surface area contributed by atoms with Crippen LogP contribution in [0.4, 0.5) is 15.8 Å². The monoisotopic (exact) mass is 224 g/mol. The molecule has 2 unspecified atom stereocenters. The smallest absolute Gasteiger partial charge is 0.148 e. The van der Waals surface area contributed by atoms with Gasteiger partial charge in [-0.3, -0.25) is 0 Å². The van der Waals surface area contributed by atoms with Crippen LogP contribution in [-0.4, -0.2) is 19.3 Å². The normalized spacial score (nSPS) is 22.0. The molecule has 4 heteroatoms. The Hall–Kier alpha value is -1.29. The van der Waals surface area contributed by atoms with Crippen molar-refractivity contribution in [1.29, 1.82) is 0 Å². The maximum absolute atomic E-state index is 13.2. The van der Waals surface area contributed by atoms with Gasteiger partial charge in [-0.05, 0) is 25.5 Å². The predicted octanol–water partition coefficient (Wildman–Crippen LogP) is 2.24. The molecule has 1 aliphatic rings. The average Bonchev–Trinajstić information content (AvgIpc) is 2.78. The lowest BCUT2D eigenvalue weighted by molar-refractivity contribution is 0.183. The van der Waals surface area contributed by atoms with Crippen molar-refractivity contribution in [3.05, 3.63) is 24.0 Å². The Morgan fingerprint density at radius 1 is 1.56 bits per heavy atom. The molecule has 0 bridgehead atoms. The number of hydrogen-bond acceptors (Lipinski definition) is 3. The molecule has 2 atom stereocenters. The third-order valence-electron chi connectivity index (χ3n) is 3.11. The molecule has 1 aromatic rings. The Morgan fingerprint density at radius 2 is 2.38 bits per heavy atom. The zero-order chi connectivity index (χ0) is 11.5. The molecule has 0 aliphatic carbocycles. The summed E-state index contributed by atoms with van der Waals surface area (Å²) in [6.07, 6.45) is 1.05. The van der Waals surface area contributed by atoms with Crippen LogP contribution in [-0.2, 0) is 4.74 Å². The fraction of sp³-hybridized carbons (Fsp3) is 0.500. The molecule has 3 N–H and O–H groups in total. The largest absolute Gasteiger partial charge is 0.395 e. The van der Waals surface area contributed by atoms with Gasteiger partial charge in [0, 0.05) is 18.6 Å². The second-order valence-corrected chi connectivity index (χ2v) is 4.26. The maximum Gasteiger partial charge on any atom is 0.148 e. The van der Waals surface area contributed by atoms with Crippen LogP contribution in [0.5, 0.6) is 0 Å². The third kappa shape index (κ3) is 2.27. The first-order chi connectivity index (χ1) is 7.68. The van der Waals surface area contributed by atoms with Gasteiger partial charge in [0.25, 0.3) is 0 Å². The van der Waals surface area contributed by atoms with Crippen LogP contribution in [0.25, 0.3) is 0 Å². The zero-order valence-corrected chi connectivity index (χ0v) is 9.37. The van der Waals surface area contributed by atoms with Crippen molar-refractivity contribution in [1.82, 2.24) is 0 Å². The second kappa shape index (κ2) is 4.70. The van der Waals surface area contributed by atoms with Crippen LogP contribution < -0.4 is 11.1 Å². The molecular formula is C12H17FN2O. The Bertz CT molecular complexity index is 364. The van der Waals surface area contributed by atoms with Crippen molar-refractivity contribution < 1.29 is 9.13 Å². The van der Waals surface area contributed by atoms with Crippen molar-refractivity contribution in [2.24, 2.45) is 5.92 Å². The minimum Gasteiger partial charge on any atom is -0.395 e. The molecule has 0 aromatic heterocycles. The van der Waals surface area contributed by atoms with Crippen LogP contribution >= 0.6 is 0 Å². The van der Waals surface area contributed by atoms with Crippen LogP contribution in [0.1, 0.15) is 13.3 Å². The minimum absolute atomic E-state index is 0.188. The molecule has 1 fully saturated rings. The average molecular weight is 224 g/mol. The van der Waals surface area contributed by atoms with Gasteiger partial charge in [0.2, 0.25) is 0 Å². The van der Waals surface area contributed by atoms with Gasteiger partial charge < -0.3 is 15.8 Å². The number of anilines is 2. The van der Waals surface area contributed by atoms with E-state index in [1.54, 1.807) is 12.1 Å². The van der Waals surface area contributed by atoms with Gasteiger partial charge in [-0.1, -0.05) is 6.07 Å².